The average molecular weight is 530 g/mol. The number of nitrogens with two attached hydrogens (primary N) is 1. The number of nitrogens with zero attached hydrogens (tertiary/aromatic N) is 5. The molecule has 5 aromatic rings. The van der Waals surface area contributed by atoms with Gasteiger partial charge in [0.2, 0.25) is 5.88 Å². The molecule has 0 aliphatic carbocycles. The summed E-state index contributed by atoms with van der Waals surface area (Å²) in [7, 11) is 1.42. The molecule has 12 heteroatoms. The van der Waals surface area contributed by atoms with Crippen molar-refractivity contribution in [2.75, 3.05) is 18.2 Å². The molecule has 1 amide bonds. The zero-order valence-electron chi connectivity index (χ0n) is 20.8. The summed E-state index contributed by atoms with van der Waals surface area (Å²) in [5.74, 6) is -2.13. The van der Waals surface area contributed by atoms with Crippen molar-refractivity contribution >= 4 is 22.9 Å². The summed E-state index contributed by atoms with van der Waals surface area (Å²) in [5, 5.41) is 11.1. The van der Waals surface area contributed by atoms with Gasteiger partial charge in [0.25, 0.3) is 5.91 Å². The van der Waals surface area contributed by atoms with E-state index in [1.54, 1.807) is 37.3 Å². The molecule has 0 spiro atoms. The Morgan fingerprint density at radius 1 is 1.13 bits per heavy atom. The summed E-state index contributed by atoms with van der Waals surface area (Å²) in [4.78, 5) is 20.0. The minimum atomic E-state index is -1.14. The van der Waals surface area contributed by atoms with Gasteiger partial charge in [0.05, 0.1) is 7.11 Å². The molecule has 3 aromatic heterocycles. The first-order valence-electron chi connectivity index (χ1n) is 11.5. The first-order chi connectivity index (χ1) is 18.7. The van der Waals surface area contributed by atoms with Gasteiger partial charge in [0.1, 0.15) is 23.3 Å². The summed E-state index contributed by atoms with van der Waals surface area (Å²) < 4.78 is 41.0. The number of anilines is 2. The maximum atomic E-state index is 15.3. The first-order valence-corrected chi connectivity index (χ1v) is 11.5. The molecule has 39 heavy (non-hydrogen) atoms. The molecule has 0 fully saturated rings. The van der Waals surface area contributed by atoms with Gasteiger partial charge in [-0.15, -0.1) is 14.8 Å². The summed E-state index contributed by atoms with van der Waals surface area (Å²) in [6.45, 7) is 4.79. The Bertz CT molecular complexity index is 1750. The van der Waals surface area contributed by atoms with Crippen LogP contribution in [0.5, 0.6) is 17.4 Å². The quantitative estimate of drug-likeness (QED) is 0.279. The maximum Gasteiger partial charge on any atom is 0.283 e. The summed E-state index contributed by atoms with van der Waals surface area (Å²) in [6.07, 6.45) is 1.24. The average Bonchev–Trinajstić information content (AvgIpc) is 3.30. The number of aromatic nitrogens is 5. The van der Waals surface area contributed by atoms with Gasteiger partial charge in [0, 0.05) is 34.6 Å². The van der Waals surface area contributed by atoms with E-state index in [0.717, 1.165) is 5.69 Å². The third-order valence-electron chi connectivity index (χ3n) is 5.73. The first kappa shape index (κ1) is 25.3. The van der Waals surface area contributed by atoms with Gasteiger partial charge in [-0.2, -0.15) is 0 Å². The fourth-order valence-electron chi connectivity index (χ4n) is 3.97. The molecule has 0 bridgehead atoms. The number of nitrogen functional groups attached to an aromatic ring is 1. The Balaban J connectivity index is 1.63. The predicted octanol–water partition coefficient (Wildman–Crippen LogP) is 5.11. The Labute approximate surface area is 220 Å². The van der Waals surface area contributed by atoms with E-state index in [2.05, 4.69) is 32.1 Å². The van der Waals surface area contributed by atoms with E-state index in [1.165, 1.54) is 42.3 Å². The van der Waals surface area contributed by atoms with Gasteiger partial charge in [0.15, 0.2) is 23.2 Å². The lowest BCUT2D eigenvalue weighted by Gasteiger charge is -2.12. The number of hydrogen-bond acceptors (Lipinski definition) is 8. The van der Waals surface area contributed by atoms with E-state index in [1.807, 2.05) is 0 Å². The van der Waals surface area contributed by atoms with Crippen molar-refractivity contribution in [2.24, 2.45) is 0 Å². The number of nitrogens with one attached hydrogen (secondary N) is 1. The van der Waals surface area contributed by atoms with E-state index in [4.69, 9.17) is 15.2 Å². The standard InChI is InChI=1S/C27H21F2N7O3/c1-14-5-4-6-22(33-14)39-20-10-7-16(11-19(20)29)23-24(35-36-25(23)26(30)31-13-32-36)18-9-8-17(12-21(18)38-3)34-27(37)15(2)28/h4-13H,2H2,1,3H3,(H,34,37)(H2,30,31,32). The van der Waals surface area contributed by atoms with Crippen LogP contribution in [0.4, 0.5) is 20.3 Å². The maximum absolute atomic E-state index is 15.3. The van der Waals surface area contributed by atoms with E-state index in [9.17, 15) is 9.18 Å². The van der Waals surface area contributed by atoms with E-state index < -0.39 is 17.6 Å². The van der Waals surface area contributed by atoms with Crippen LogP contribution in [0.3, 0.4) is 0 Å². The monoisotopic (exact) mass is 529 g/mol. The Morgan fingerprint density at radius 2 is 1.95 bits per heavy atom. The van der Waals surface area contributed by atoms with Crippen molar-refractivity contribution < 1.29 is 23.0 Å². The lowest BCUT2D eigenvalue weighted by molar-refractivity contribution is -0.114. The minimum absolute atomic E-state index is 0.0220. The zero-order valence-corrected chi connectivity index (χ0v) is 20.8. The number of amides is 1. The Kier molecular flexibility index (Phi) is 6.59. The van der Waals surface area contributed by atoms with Crippen molar-refractivity contribution in [2.45, 2.75) is 6.92 Å². The summed E-state index contributed by atoms with van der Waals surface area (Å²) in [6, 6.07) is 14.2. The van der Waals surface area contributed by atoms with E-state index >= 15 is 4.39 Å². The molecule has 0 atom stereocenters. The molecule has 2 aromatic carbocycles. The van der Waals surface area contributed by atoms with Gasteiger partial charge >= 0.3 is 0 Å². The number of aryl methyl sites for hydroxylation is 1. The number of halogens is 2. The van der Waals surface area contributed by atoms with Crippen LogP contribution < -0.4 is 20.5 Å². The second-order valence-electron chi connectivity index (χ2n) is 8.35. The number of rotatable bonds is 7. The highest BCUT2D eigenvalue weighted by Crippen LogP contribution is 2.42. The van der Waals surface area contributed by atoms with E-state index in [0.29, 0.717) is 33.7 Å². The van der Waals surface area contributed by atoms with Gasteiger partial charge in [-0.05, 0) is 42.8 Å². The highest BCUT2D eigenvalue weighted by Gasteiger charge is 2.24. The number of hydrogen-bond donors (Lipinski definition) is 2. The number of pyridine rings is 1. The van der Waals surface area contributed by atoms with Crippen LogP contribution in [0, 0.1) is 12.7 Å². The zero-order chi connectivity index (χ0) is 27.7. The number of fused-ring (bicyclic) bond motifs is 1. The Hall–Kier alpha value is -5.39. The normalized spacial score (nSPS) is 10.9. The lowest BCUT2D eigenvalue weighted by atomic mass is 9.98. The van der Waals surface area contributed by atoms with Crippen molar-refractivity contribution in [3.8, 4) is 39.8 Å². The molecule has 0 radical (unpaired) electrons. The van der Waals surface area contributed by atoms with Crippen molar-refractivity contribution in [1.82, 2.24) is 24.8 Å². The number of methoxy groups -OCH3 is 1. The summed E-state index contributed by atoms with van der Waals surface area (Å²) >= 11 is 0. The fraction of sp³-hybridized carbons (Fsp3) is 0.0741. The Morgan fingerprint density at radius 3 is 2.67 bits per heavy atom. The topological polar surface area (TPSA) is 130 Å². The third kappa shape index (κ3) is 4.94. The van der Waals surface area contributed by atoms with Crippen molar-refractivity contribution in [3.63, 3.8) is 0 Å². The smallest absolute Gasteiger partial charge is 0.283 e. The van der Waals surface area contributed by atoms with Gasteiger partial charge in [-0.1, -0.05) is 18.7 Å². The molecule has 0 aliphatic rings. The fourth-order valence-corrected chi connectivity index (χ4v) is 3.97. The van der Waals surface area contributed by atoms with Crippen LogP contribution in [-0.2, 0) is 4.79 Å². The number of benzene rings is 2. The number of ether oxygens (including phenoxy) is 2. The number of carbonyl (C=O) groups excluding carboxylic acids is 1. The molecule has 196 valence electrons. The van der Waals surface area contributed by atoms with Gasteiger partial charge < -0.3 is 20.5 Å². The highest BCUT2D eigenvalue weighted by atomic mass is 19.1. The van der Waals surface area contributed by atoms with Gasteiger partial charge in [-0.3, -0.25) is 4.79 Å². The molecule has 3 heterocycles. The molecule has 0 unspecified atom stereocenters. The van der Waals surface area contributed by atoms with Gasteiger partial charge in [-0.25, -0.2) is 18.7 Å². The molecular weight excluding hydrogens is 508 g/mol. The predicted molar refractivity (Wildman–Crippen MR) is 141 cm³/mol. The van der Waals surface area contributed by atoms with Crippen LogP contribution in [0.25, 0.3) is 27.9 Å². The van der Waals surface area contributed by atoms with Crippen LogP contribution >= 0.6 is 0 Å². The van der Waals surface area contributed by atoms with Crippen molar-refractivity contribution in [3.05, 3.63) is 84.8 Å². The SMILES string of the molecule is C=C(F)C(=O)Nc1ccc(-c2nn3ncnc(N)c3c2-c2ccc(Oc3cccc(C)n3)c(F)c2)c(OC)c1. The molecule has 3 N–H and O–H groups in total. The molecule has 0 aliphatic heterocycles. The summed E-state index contributed by atoms with van der Waals surface area (Å²) in [5.41, 5.74) is 9.18. The van der Waals surface area contributed by atoms with Crippen LogP contribution in [0.1, 0.15) is 5.69 Å². The van der Waals surface area contributed by atoms with Crippen LogP contribution in [0.2, 0.25) is 0 Å². The van der Waals surface area contributed by atoms with E-state index in [-0.39, 0.29) is 23.1 Å². The highest BCUT2D eigenvalue weighted by molar-refractivity contribution is 6.02. The molecule has 5 rings (SSSR count). The van der Waals surface area contributed by atoms with Crippen LogP contribution in [-0.4, -0.2) is 37.8 Å². The van der Waals surface area contributed by atoms with Crippen molar-refractivity contribution in [1.29, 1.82) is 0 Å². The second kappa shape index (κ2) is 10.2. The molecule has 0 saturated heterocycles. The molecule has 0 saturated carbocycles. The largest absolute Gasteiger partial charge is 0.496 e. The lowest BCUT2D eigenvalue weighted by Crippen LogP contribution is -2.11. The van der Waals surface area contributed by atoms with Crippen LogP contribution in [0.15, 0.2) is 73.3 Å². The molecular formula is C27H21F2N7O3. The number of carbonyl (C=O) groups is 1. The molecule has 10 nitrogen and oxygen atoms in total. The minimum Gasteiger partial charge on any atom is -0.496 e. The second-order valence-corrected chi connectivity index (χ2v) is 8.35. The third-order valence-corrected chi connectivity index (χ3v) is 5.73.